The molecule has 1 aromatic rings. The molecule has 0 amide bonds. The topological polar surface area (TPSA) is 17.8 Å². The van der Waals surface area contributed by atoms with Crippen LogP contribution in [0.25, 0.3) is 0 Å². The van der Waals surface area contributed by atoms with Gasteiger partial charge in [0.2, 0.25) is 0 Å². The molecule has 0 aliphatic heterocycles. The molecule has 1 rings (SSSR count). The molecule has 1 aromatic heterocycles. The summed E-state index contributed by atoms with van der Waals surface area (Å²) >= 11 is 6.95. The fourth-order valence-corrected chi connectivity index (χ4v) is 2.15. The molecule has 0 saturated heterocycles. The number of rotatable bonds is 0. The van der Waals surface area contributed by atoms with Gasteiger partial charge in [-0.05, 0) is 31.9 Å². The summed E-state index contributed by atoms with van der Waals surface area (Å²) in [6.45, 7) is 6.44. The first-order chi connectivity index (χ1) is 5.34. The molecule has 2 nitrogen and oxygen atoms in total. The van der Waals surface area contributed by atoms with E-state index >= 15 is 0 Å². The van der Waals surface area contributed by atoms with Gasteiger partial charge in [-0.3, -0.25) is 4.68 Å². The zero-order valence-corrected chi connectivity index (χ0v) is 10.8. The van der Waals surface area contributed by atoms with Crippen LogP contribution in [0.2, 0.25) is 0 Å². The summed E-state index contributed by atoms with van der Waals surface area (Å²) in [5, 5.41) is 4.40. The Bertz CT molecular complexity index is 297. The lowest BCUT2D eigenvalue weighted by molar-refractivity contribution is 0.550. The molecular formula is C8H12Br2N2. The predicted molar refractivity (Wildman–Crippen MR) is 57.3 cm³/mol. The van der Waals surface area contributed by atoms with Crippen molar-refractivity contribution in [3.05, 3.63) is 14.8 Å². The maximum Gasteiger partial charge on any atom is 0.118 e. The Hall–Kier alpha value is 0.170. The van der Waals surface area contributed by atoms with Gasteiger partial charge in [0.25, 0.3) is 0 Å². The van der Waals surface area contributed by atoms with Crippen LogP contribution in [0.4, 0.5) is 0 Å². The van der Waals surface area contributed by atoms with Crippen LogP contribution in [0.1, 0.15) is 26.5 Å². The maximum atomic E-state index is 4.40. The van der Waals surface area contributed by atoms with Crippen molar-refractivity contribution in [2.45, 2.75) is 26.2 Å². The van der Waals surface area contributed by atoms with Crippen molar-refractivity contribution in [2.24, 2.45) is 7.05 Å². The van der Waals surface area contributed by atoms with Gasteiger partial charge < -0.3 is 0 Å². The molecule has 0 N–H and O–H groups in total. The summed E-state index contributed by atoms with van der Waals surface area (Å²) in [7, 11) is 1.92. The third-order valence-corrected chi connectivity index (χ3v) is 3.83. The summed E-state index contributed by atoms with van der Waals surface area (Å²) < 4.78 is 3.87. The van der Waals surface area contributed by atoms with Gasteiger partial charge >= 0.3 is 0 Å². The molecule has 0 bridgehead atoms. The summed E-state index contributed by atoms with van der Waals surface area (Å²) in [4.78, 5) is 0. The second-order valence-electron chi connectivity index (χ2n) is 3.83. The third kappa shape index (κ3) is 1.74. The lowest BCUT2D eigenvalue weighted by Crippen LogP contribution is -2.13. The van der Waals surface area contributed by atoms with Gasteiger partial charge in [-0.1, -0.05) is 20.8 Å². The second-order valence-corrected chi connectivity index (χ2v) is 5.37. The Morgan fingerprint density at radius 1 is 1.25 bits per heavy atom. The van der Waals surface area contributed by atoms with Crippen LogP contribution in [-0.2, 0) is 12.5 Å². The highest BCUT2D eigenvalue weighted by Gasteiger charge is 2.23. The monoisotopic (exact) mass is 294 g/mol. The highest BCUT2D eigenvalue weighted by atomic mass is 79.9. The van der Waals surface area contributed by atoms with Gasteiger partial charge in [0.1, 0.15) is 4.60 Å². The van der Waals surface area contributed by atoms with E-state index < -0.39 is 0 Å². The molecule has 0 unspecified atom stereocenters. The largest absolute Gasteiger partial charge is 0.260 e. The standard InChI is InChI=1S/C8H12Br2N2/c1-8(2,3)6-5(9)7(10)12(4)11-6/h1-4H3. The van der Waals surface area contributed by atoms with Crippen LogP contribution in [-0.4, -0.2) is 9.78 Å². The fourth-order valence-electron chi connectivity index (χ4n) is 0.957. The van der Waals surface area contributed by atoms with Crippen molar-refractivity contribution in [1.82, 2.24) is 9.78 Å². The summed E-state index contributed by atoms with van der Waals surface area (Å²) in [5.74, 6) is 0. The van der Waals surface area contributed by atoms with E-state index in [4.69, 9.17) is 0 Å². The lowest BCUT2D eigenvalue weighted by Gasteiger charge is -2.15. The van der Waals surface area contributed by atoms with Crippen molar-refractivity contribution in [1.29, 1.82) is 0 Å². The Kier molecular flexibility index (Phi) is 2.69. The van der Waals surface area contributed by atoms with Crippen LogP contribution in [0.15, 0.2) is 9.08 Å². The first-order valence-electron chi connectivity index (χ1n) is 3.72. The zero-order chi connectivity index (χ0) is 9.52. The Morgan fingerprint density at radius 3 is 1.92 bits per heavy atom. The average Bonchev–Trinajstić information content (AvgIpc) is 2.15. The number of hydrogen-bond donors (Lipinski definition) is 0. The molecule has 68 valence electrons. The van der Waals surface area contributed by atoms with Gasteiger partial charge in [-0.25, -0.2) is 0 Å². The quantitative estimate of drug-likeness (QED) is 0.718. The molecule has 0 saturated carbocycles. The van der Waals surface area contributed by atoms with E-state index in [-0.39, 0.29) is 5.41 Å². The van der Waals surface area contributed by atoms with Crippen molar-refractivity contribution in [2.75, 3.05) is 0 Å². The van der Waals surface area contributed by atoms with E-state index in [9.17, 15) is 0 Å². The minimum atomic E-state index is 0.0859. The van der Waals surface area contributed by atoms with Crippen LogP contribution in [0, 0.1) is 0 Å². The normalized spacial score (nSPS) is 12.2. The van der Waals surface area contributed by atoms with Gasteiger partial charge in [-0.15, -0.1) is 0 Å². The predicted octanol–water partition coefficient (Wildman–Crippen LogP) is 3.24. The lowest BCUT2D eigenvalue weighted by atomic mass is 9.93. The summed E-state index contributed by atoms with van der Waals surface area (Å²) in [6.07, 6.45) is 0. The molecule has 0 spiro atoms. The van der Waals surface area contributed by atoms with Crippen LogP contribution >= 0.6 is 31.9 Å². The van der Waals surface area contributed by atoms with Gasteiger partial charge in [0.15, 0.2) is 0 Å². The van der Waals surface area contributed by atoms with E-state index in [0.29, 0.717) is 0 Å². The molecular weight excluding hydrogens is 284 g/mol. The number of halogens is 2. The molecule has 0 aliphatic carbocycles. The molecule has 12 heavy (non-hydrogen) atoms. The van der Waals surface area contributed by atoms with Crippen LogP contribution in [0.3, 0.4) is 0 Å². The number of aromatic nitrogens is 2. The van der Waals surface area contributed by atoms with Crippen molar-refractivity contribution in [3.8, 4) is 0 Å². The van der Waals surface area contributed by atoms with E-state index in [1.54, 1.807) is 0 Å². The Balaban J connectivity index is 3.28. The molecule has 1 heterocycles. The molecule has 0 aliphatic rings. The van der Waals surface area contributed by atoms with Crippen LogP contribution < -0.4 is 0 Å². The number of hydrogen-bond acceptors (Lipinski definition) is 1. The summed E-state index contributed by atoms with van der Waals surface area (Å²) in [6, 6.07) is 0. The Labute approximate surface area is 89.6 Å². The smallest absolute Gasteiger partial charge is 0.118 e. The van der Waals surface area contributed by atoms with Gasteiger partial charge in [0, 0.05) is 12.5 Å². The highest BCUT2D eigenvalue weighted by molar-refractivity contribution is 9.13. The zero-order valence-electron chi connectivity index (χ0n) is 7.65. The summed E-state index contributed by atoms with van der Waals surface area (Å²) in [5.41, 5.74) is 1.17. The minimum absolute atomic E-state index is 0.0859. The fraction of sp³-hybridized carbons (Fsp3) is 0.625. The Morgan fingerprint density at radius 2 is 1.75 bits per heavy atom. The first-order valence-corrected chi connectivity index (χ1v) is 5.31. The van der Waals surface area contributed by atoms with Crippen LogP contribution in [0.5, 0.6) is 0 Å². The third-order valence-electron chi connectivity index (χ3n) is 1.63. The van der Waals surface area contributed by atoms with Crippen molar-refractivity contribution >= 4 is 31.9 Å². The van der Waals surface area contributed by atoms with Crippen molar-refractivity contribution < 1.29 is 0 Å². The van der Waals surface area contributed by atoms with E-state index in [1.807, 2.05) is 11.7 Å². The minimum Gasteiger partial charge on any atom is -0.260 e. The molecule has 0 fully saturated rings. The maximum absolute atomic E-state index is 4.40. The van der Waals surface area contributed by atoms with E-state index in [1.165, 1.54) is 0 Å². The average molecular weight is 296 g/mol. The van der Waals surface area contributed by atoms with E-state index in [2.05, 4.69) is 57.7 Å². The number of nitrogens with zero attached hydrogens (tertiary/aromatic N) is 2. The second kappa shape index (κ2) is 3.14. The van der Waals surface area contributed by atoms with Gasteiger partial charge in [0.05, 0.1) is 10.2 Å². The van der Waals surface area contributed by atoms with Crippen molar-refractivity contribution in [3.63, 3.8) is 0 Å². The molecule has 0 atom stereocenters. The molecule has 0 radical (unpaired) electrons. The highest BCUT2D eigenvalue weighted by Crippen LogP contribution is 2.33. The van der Waals surface area contributed by atoms with E-state index in [0.717, 1.165) is 14.8 Å². The number of aryl methyl sites for hydroxylation is 1. The molecule has 0 aromatic carbocycles. The first kappa shape index (κ1) is 10.3. The SMILES string of the molecule is Cn1nc(C(C)(C)C)c(Br)c1Br. The molecule has 4 heteroatoms. The van der Waals surface area contributed by atoms with Gasteiger partial charge in [-0.2, -0.15) is 5.10 Å².